The van der Waals surface area contributed by atoms with Crippen LogP contribution in [0.2, 0.25) is 0 Å². The van der Waals surface area contributed by atoms with Crippen LogP contribution in [0.3, 0.4) is 0 Å². The summed E-state index contributed by atoms with van der Waals surface area (Å²) in [5.41, 5.74) is 2.10. The van der Waals surface area contributed by atoms with E-state index in [0.29, 0.717) is 21.8 Å². The molecule has 1 aliphatic heterocycles. The number of carbonyl (C=O) groups is 2. The number of imide groups is 1. The number of fused-ring (bicyclic) bond motifs is 1. The van der Waals surface area contributed by atoms with Crippen LogP contribution in [-0.4, -0.2) is 21.0 Å². The highest BCUT2D eigenvalue weighted by atomic mass is 79.9. The highest BCUT2D eigenvalue weighted by molar-refractivity contribution is 9.10. The molecule has 0 bridgehead atoms. The highest BCUT2D eigenvalue weighted by Gasteiger charge is 2.35. The Morgan fingerprint density at radius 1 is 0.919 bits per heavy atom. The molecule has 1 aliphatic rings. The largest absolute Gasteiger partial charge is 0.488 e. The molecule has 0 aliphatic carbocycles. The molecule has 1 saturated heterocycles. The number of non-ortho nitro benzene ring substituents is 1. The molecule has 0 spiro atoms. The van der Waals surface area contributed by atoms with Crippen molar-refractivity contribution in [3.8, 4) is 5.75 Å². The average molecular weight is 575 g/mol. The summed E-state index contributed by atoms with van der Waals surface area (Å²) in [6.07, 6.45) is 1.64. The van der Waals surface area contributed by atoms with Gasteiger partial charge >= 0.3 is 0 Å². The van der Waals surface area contributed by atoms with Crippen LogP contribution in [0.1, 0.15) is 16.7 Å². The molecule has 0 atom stereocenters. The van der Waals surface area contributed by atoms with Gasteiger partial charge in [0.25, 0.3) is 16.8 Å². The summed E-state index contributed by atoms with van der Waals surface area (Å²) < 4.78 is 6.72. The lowest BCUT2D eigenvalue weighted by Crippen LogP contribution is -2.27. The Balaban J connectivity index is 1.36. The topological polar surface area (TPSA) is 89.7 Å². The number of hydrogen-bond donors (Lipinski definition) is 0. The third-order valence-electron chi connectivity index (χ3n) is 5.80. The number of thioether (sulfide) groups is 1. The summed E-state index contributed by atoms with van der Waals surface area (Å²) in [5, 5.41) is 12.9. The Labute approximate surface area is 225 Å². The van der Waals surface area contributed by atoms with Crippen molar-refractivity contribution in [2.45, 2.75) is 13.2 Å². The van der Waals surface area contributed by atoms with Crippen molar-refractivity contribution in [2.75, 3.05) is 0 Å². The number of rotatable bonds is 7. The van der Waals surface area contributed by atoms with Crippen LogP contribution in [0.15, 0.2) is 94.3 Å². The molecule has 1 fully saturated rings. The first kappa shape index (κ1) is 24.7. The molecule has 9 heteroatoms. The van der Waals surface area contributed by atoms with Crippen LogP contribution in [0.5, 0.6) is 5.75 Å². The fraction of sp³-hybridized carbons (Fsp3) is 0.0714. The maximum Gasteiger partial charge on any atom is 0.293 e. The lowest BCUT2D eigenvalue weighted by atomic mass is 10.1. The summed E-state index contributed by atoms with van der Waals surface area (Å²) in [6, 6.07) is 25.4. The van der Waals surface area contributed by atoms with E-state index in [1.54, 1.807) is 36.4 Å². The third kappa shape index (κ3) is 5.58. The van der Waals surface area contributed by atoms with Gasteiger partial charge in [-0.2, -0.15) is 0 Å². The van der Waals surface area contributed by atoms with Gasteiger partial charge in [0.2, 0.25) is 0 Å². The minimum absolute atomic E-state index is 0.0165. The fourth-order valence-corrected chi connectivity index (χ4v) is 5.19. The van der Waals surface area contributed by atoms with E-state index in [0.717, 1.165) is 32.6 Å². The van der Waals surface area contributed by atoms with Gasteiger partial charge in [-0.3, -0.25) is 24.6 Å². The minimum Gasteiger partial charge on any atom is -0.488 e. The number of hydrogen-bond acceptors (Lipinski definition) is 6. The van der Waals surface area contributed by atoms with E-state index in [9.17, 15) is 19.7 Å². The van der Waals surface area contributed by atoms with E-state index < -0.39 is 4.92 Å². The molecule has 0 saturated carbocycles. The van der Waals surface area contributed by atoms with Gasteiger partial charge in [-0.05, 0) is 64.0 Å². The second kappa shape index (κ2) is 10.6. The smallest absolute Gasteiger partial charge is 0.293 e. The van der Waals surface area contributed by atoms with E-state index >= 15 is 0 Å². The number of nitro groups is 1. The van der Waals surface area contributed by atoms with Crippen LogP contribution >= 0.6 is 27.7 Å². The van der Waals surface area contributed by atoms with Crippen molar-refractivity contribution >= 4 is 61.4 Å². The van der Waals surface area contributed by atoms with Crippen LogP contribution in [0.4, 0.5) is 10.5 Å². The van der Waals surface area contributed by atoms with Gasteiger partial charge in [0.15, 0.2) is 0 Å². The van der Waals surface area contributed by atoms with Gasteiger partial charge in [-0.25, -0.2) is 0 Å². The van der Waals surface area contributed by atoms with Crippen molar-refractivity contribution in [3.05, 3.63) is 121 Å². The zero-order valence-electron chi connectivity index (χ0n) is 19.3. The number of amides is 2. The van der Waals surface area contributed by atoms with Gasteiger partial charge in [0, 0.05) is 22.2 Å². The first-order valence-electron chi connectivity index (χ1n) is 11.3. The SMILES string of the molecule is O=C1S/C(=C\c2cc(Br)ccc2OCc2cccc([N+](=O)[O-])c2)C(=O)N1Cc1ccc2ccccc2c1. The Bertz CT molecular complexity index is 1590. The molecule has 4 aromatic carbocycles. The van der Waals surface area contributed by atoms with Gasteiger partial charge in [-0.15, -0.1) is 0 Å². The summed E-state index contributed by atoms with van der Waals surface area (Å²) in [7, 11) is 0. The standard InChI is InChI=1S/C28H19BrN2O5S/c29-23-10-11-25(36-17-19-4-3-7-24(13-19)31(34)35)22(14-23)15-26-27(32)30(28(33)37-26)16-18-8-9-20-5-1-2-6-21(20)12-18/h1-15H,16-17H2/b26-15-. The molecule has 0 N–H and O–H groups in total. The summed E-state index contributed by atoms with van der Waals surface area (Å²) in [5.74, 6) is 0.115. The van der Waals surface area contributed by atoms with E-state index in [1.165, 1.54) is 17.0 Å². The molecular formula is C28H19BrN2O5S. The summed E-state index contributed by atoms with van der Waals surface area (Å²) >= 11 is 4.33. The predicted molar refractivity (Wildman–Crippen MR) is 147 cm³/mol. The first-order valence-corrected chi connectivity index (χ1v) is 12.9. The molecule has 184 valence electrons. The zero-order chi connectivity index (χ0) is 25.9. The monoisotopic (exact) mass is 574 g/mol. The lowest BCUT2D eigenvalue weighted by Gasteiger charge is -2.13. The van der Waals surface area contributed by atoms with E-state index in [4.69, 9.17) is 4.74 Å². The molecule has 4 aromatic rings. The number of nitrogens with zero attached hydrogens (tertiary/aromatic N) is 2. The first-order chi connectivity index (χ1) is 17.9. The third-order valence-corrected chi connectivity index (χ3v) is 7.20. The quantitative estimate of drug-likeness (QED) is 0.130. The lowest BCUT2D eigenvalue weighted by molar-refractivity contribution is -0.384. The van der Waals surface area contributed by atoms with Crippen LogP contribution < -0.4 is 4.74 Å². The molecule has 2 amide bonds. The maximum absolute atomic E-state index is 13.2. The molecule has 0 radical (unpaired) electrons. The summed E-state index contributed by atoms with van der Waals surface area (Å²) in [4.78, 5) is 38.0. The van der Waals surface area contributed by atoms with Gasteiger partial charge < -0.3 is 4.74 Å². The highest BCUT2D eigenvalue weighted by Crippen LogP contribution is 2.36. The second-order valence-electron chi connectivity index (χ2n) is 8.35. The average Bonchev–Trinajstić information content (AvgIpc) is 3.15. The Kier molecular flexibility index (Phi) is 7.07. The molecule has 7 nitrogen and oxygen atoms in total. The van der Waals surface area contributed by atoms with Crippen molar-refractivity contribution in [1.29, 1.82) is 0 Å². The van der Waals surface area contributed by atoms with Gasteiger partial charge in [-0.1, -0.05) is 64.5 Å². The maximum atomic E-state index is 13.2. The number of ether oxygens (including phenoxy) is 1. The number of benzene rings is 4. The minimum atomic E-state index is -0.456. The van der Waals surface area contributed by atoms with Crippen molar-refractivity contribution in [1.82, 2.24) is 4.90 Å². The van der Waals surface area contributed by atoms with E-state index in [-0.39, 0.29) is 30.0 Å². The van der Waals surface area contributed by atoms with Gasteiger partial charge in [0.05, 0.1) is 16.4 Å². The van der Waals surface area contributed by atoms with Crippen molar-refractivity contribution in [3.63, 3.8) is 0 Å². The molecular weight excluding hydrogens is 556 g/mol. The molecule has 37 heavy (non-hydrogen) atoms. The molecule has 0 unspecified atom stereocenters. The van der Waals surface area contributed by atoms with Crippen molar-refractivity contribution < 1.29 is 19.2 Å². The van der Waals surface area contributed by atoms with Crippen LogP contribution in [-0.2, 0) is 17.9 Å². The van der Waals surface area contributed by atoms with Crippen molar-refractivity contribution in [2.24, 2.45) is 0 Å². The predicted octanol–water partition coefficient (Wildman–Crippen LogP) is 7.33. The molecule has 1 heterocycles. The zero-order valence-corrected chi connectivity index (χ0v) is 21.7. The number of halogens is 1. The van der Waals surface area contributed by atoms with Crippen LogP contribution in [0.25, 0.3) is 16.8 Å². The number of nitro benzene ring substituents is 1. The molecule has 0 aromatic heterocycles. The Hall–Kier alpha value is -3.95. The second-order valence-corrected chi connectivity index (χ2v) is 10.3. The Morgan fingerprint density at radius 3 is 2.54 bits per heavy atom. The van der Waals surface area contributed by atoms with Crippen LogP contribution in [0, 0.1) is 10.1 Å². The normalized spacial score (nSPS) is 14.5. The van der Waals surface area contributed by atoms with E-state index in [1.807, 2.05) is 42.5 Å². The summed E-state index contributed by atoms with van der Waals surface area (Å²) in [6.45, 7) is 0.287. The molecule has 5 rings (SSSR count). The number of carbonyl (C=O) groups excluding carboxylic acids is 2. The fourth-order valence-electron chi connectivity index (χ4n) is 3.98. The van der Waals surface area contributed by atoms with E-state index in [2.05, 4.69) is 15.9 Å². The van der Waals surface area contributed by atoms with Gasteiger partial charge in [0.1, 0.15) is 12.4 Å². The Morgan fingerprint density at radius 2 is 1.73 bits per heavy atom.